The second kappa shape index (κ2) is 10.6. The van der Waals surface area contributed by atoms with Gasteiger partial charge in [0.2, 0.25) is 0 Å². The van der Waals surface area contributed by atoms with Crippen molar-refractivity contribution in [2.75, 3.05) is 0 Å². The van der Waals surface area contributed by atoms with E-state index in [1.807, 2.05) is 19.1 Å². The van der Waals surface area contributed by atoms with Crippen molar-refractivity contribution in [1.29, 1.82) is 5.26 Å². The summed E-state index contributed by atoms with van der Waals surface area (Å²) in [6, 6.07) is 9.26. The predicted octanol–water partition coefficient (Wildman–Crippen LogP) is 6.40. The molecule has 1 nitrogen and oxygen atoms in total. The monoisotopic (exact) mass is 405 g/mol. The summed E-state index contributed by atoms with van der Waals surface area (Å²) >= 11 is 0. The molecule has 0 aromatic heterocycles. The molecule has 146 valence electrons. The Balaban J connectivity index is 0.00000122. The molecule has 0 aliphatic heterocycles. The van der Waals surface area contributed by atoms with E-state index < -0.39 is 23.6 Å². The molecule has 2 rings (SSSR count). The summed E-state index contributed by atoms with van der Waals surface area (Å²) in [4.78, 5) is 0. The fourth-order valence-corrected chi connectivity index (χ4v) is 3.07. The van der Waals surface area contributed by atoms with Gasteiger partial charge in [0.05, 0.1) is 11.6 Å². The third-order valence-corrected chi connectivity index (χ3v) is 4.21. The lowest BCUT2D eigenvalue weighted by atomic mass is 9.89. The molecular weight excluding hydrogens is 385 g/mol. The van der Waals surface area contributed by atoms with Crippen LogP contribution in [0.3, 0.4) is 0 Å². The number of aryl methyl sites for hydroxylation is 1. The Kier molecular flexibility index (Phi) is 8.86. The van der Waals surface area contributed by atoms with Crippen molar-refractivity contribution in [2.45, 2.75) is 27.2 Å². The van der Waals surface area contributed by atoms with E-state index >= 15 is 0 Å². The first-order valence-corrected chi connectivity index (χ1v) is 8.77. The molecule has 0 fully saturated rings. The van der Waals surface area contributed by atoms with Gasteiger partial charge < -0.3 is 0 Å². The lowest BCUT2D eigenvalue weighted by Gasteiger charge is -2.17. The molecule has 28 heavy (non-hydrogen) atoms. The van der Waals surface area contributed by atoms with Gasteiger partial charge >= 0.3 is 0 Å². The second-order valence-electron chi connectivity index (χ2n) is 5.83. The zero-order valence-corrected chi connectivity index (χ0v) is 16.9. The Hall–Kier alpha value is -2.66. The van der Waals surface area contributed by atoms with Gasteiger partial charge in [-0.25, -0.2) is 17.6 Å². The number of benzene rings is 2. The van der Waals surface area contributed by atoms with Crippen LogP contribution in [0.15, 0.2) is 54.3 Å². The van der Waals surface area contributed by atoms with Crippen molar-refractivity contribution >= 4 is 20.1 Å². The van der Waals surface area contributed by atoms with Crippen LogP contribution in [-0.4, -0.2) is 0 Å². The SMILES string of the molecule is C=C=C/C(C)=C(/c1ccc(P)cc1C)c1ccc(F)c(C(F)F)c1F.CC#N. The molecule has 0 aliphatic rings. The molecule has 0 radical (unpaired) electrons. The molecule has 0 heterocycles. The molecule has 1 atom stereocenters. The van der Waals surface area contributed by atoms with Gasteiger partial charge in [-0.2, -0.15) is 5.26 Å². The largest absolute Gasteiger partial charge is 0.269 e. The molecule has 0 spiro atoms. The Morgan fingerprint density at radius 3 is 2.25 bits per heavy atom. The Bertz CT molecular complexity index is 981. The Morgan fingerprint density at radius 1 is 1.18 bits per heavy atom. The van der Waals surface area contributed by atoms with Crippen LogP contribution in [0.25, 0.3) is 5.57 Å². The quantitative estimate of drug-likeness (QED) is 0.250. The molecule has 6 heteroatoms. The van der Waals surface area contributed by atoms with E-state index in [0.29, 0.717) is 16.7 Å². The molecule has 2 aromatic rings. The van der Waals surface area contributed by atoms with Gasteiger partial charge in [-0.15, -0.1) is 15.0 Å². The summed E-state index contributed by atoms with van der Waals surface area (Å²) in [6.45, 7) is 8.47. The van der Waals surface area contributed by atoms with Crippen LogP contribution in [0.5, 0.6) is 0 Å². The van der Waals surface area contributed by atoms with Crippen molar-refractivity contribution in [3.63, 3.8) is 0 Å². The van der Waals surface area contributed by atoms with Crippen LogP contribution < -0.4 is 5.30 Å². The van der Waals surface area contributed by atoms with Crippen molar-refractivity contribution in [3.8, 4) is 6.07 Å². The number of nitrogens with zero attached hydrogens (tertiary/aromatic N) is 1. The highest BCUT2D eigenvalue weighted by molar-refractivity contribution is 7.27. The second-order valence-corrected chi connectivity index (χ2v) is 6.49. The van der Waals surface area contributed by atoms with Crippen molar-refractivity contribution < 1.29 is 17.6 Å². The Morgan fingerprint density at radius 2 is 1.75 bits per heavy atom. The van der Waals surface area contributed by atoms with Crippen molar-refractivity contribution in [2.24, 2.45) is 0 Å². The van der Waals surface area contributed by atoms with Gasteiger partial charge in [-0.05, 0) is 59.6 Å². The molecule has 0 aliphatic carbocycles. The topological polar surface area (TPSA) is 23.8 Å². The van der Waals surface area contributed by atoms with Crippen molar-refractivity contribution in [1.82, 2.24) is 0 Å². The maximum Gasteiger partial charge on any atom is 0.269 e. The minimum atomic E-state index is -3.24. The fraction of sp³-hybridized carbons (Fsp3) is 0.182. The van der Waals surface area contributed by atoms with E-state index in [9.17, 15) is 17.6 Å². The minimum Gasteiger partial charge on any atom is -0.206 e. The number of allylic oxidation sites excluding steroid dienone is 2. The van der Waals surface area contributed by atoms with Gasteiger partial charge in [-0.3, -0.25) is 0 Å². The van der Waals surface area contributed by atoms with Gasteiger partial charge in [-0.1, -0.05) is 24.8 Å². The van der Waals surface area contributed by atoms with Gasteiger partial charge in [0.1, 0.15) is 11.6 Å². The highest BCUT2D eigenvalue weighted by atomic mass is 31.0. The first-order valence-electron chi connectivity index (χ1n) is 8.19. The highest BCUT2D eigenvalue weighted by Gasteiger charge is 2.24. The fourth-order valence-electron chi connectivity index (χ4n) is 2.73. The third-order valence-electron chi connectivity index (χ3n) is 3.85. The summed E-state index contributed by atoms with van der Waals surface area (Å²) in [7, 11) is 2.56. The minimum absolute atomic E-state index is 0.0830. The average molecular weight is 405 g/mol. The normalized spacial score (nSPS) is 11.0. The molecule has 1 unspecified atom stereocenters. The zero-order chi connectivity index (χ0) is 21.4. The van der Waals surface area contributed by atoms with Crippen LogP contribution in [0.1, 0.15) is 42.5 Å². The molecule has 0 amide bonds. The van der Waals surface area contributed by atoms with E-state index in [-0.39, 0.29) is 5.56 Å². The van der Waals surface area contributed by atoms with Crippen LogP contribution in [0.2, 0.25) is 0 Å². The molecule has 2 aromatic carbocycles. The van der Waals surface area contributed by atoms with E-state index in [1.54, 1.807) is 19.1 Å². The third kappa shape index (κ3) is 5.42. The van der Waals surface area contributed by atoms with E-state index in [0.717, 1.165) is 16.9 Å². The van der Waals surface area contributed by atoms with Crippen LogP contribution in [-0.2, 0) is 0 Å². The maximum atomic E-state index is 14.7. The summed E-state index contributed by atoms with van der Waals surface area (Å²) in [5.74, 6) is -2.51. The molecule has 0 saturated heterocycles. The van der Waals surface area contributed by atoms with Crippen LogP contribution in [0, 0.1) is 29.9 Å². The predicted molar refractivity (Wildman–Crippen MR) is 109 cm³/mol. The number of rotatable bonds is 4. The summed E-state index contributed by atoms with van der Waals surface area (Å²) in [5, 5.41) is 8.25. The van der Waals surface area contributed by atoms with Crippen LogP contribution in [0.4, 0.5) is 17.6 Å². The summed E-state index contributed by atoms with van der Waals surface area (Å²) in [5.41, 5.74) is 3.79. The number of hydrogen-bond acceptors (Lipinski definition) is 1. The van der Waals surface area contributed by atoms with E-state index in [2.05, 4.69) is 21.5 Å². The summed E-state index contributed by atoms with van der Waals surface area (Å²) in [6.07, 6.45) is -1.71. The molecular formula is C22H20F4NP. The first-order chi connectivity index (χ1) is 13.2. The lowest BCUT2D eigenvalue weighted by molar-refractivity contribution is 0.141. The van der Waals surface area contributed by atoms with Crippen LogP contribution >= 0.6 is 9.24 Å². The molecule has 0 saturated carbocycles. The first kappa shape index (κ1) is 23.4. The smallest absolute Gasteiger partial charge is 0.206 e. The standard InChI is InChI=1S/C20H17F4P.C2H3N/c1-4-5-11(2)17(14-7-6-13(25)10-12(14)3)15-8-9-16(21)18(19(15)22)20(23)24;1-2-3/h5-10,20H,1,25H2,2-3H3;1H3/b17-11-;. The maximum absolute atomic E-state index is 14.7. The molecule has 0 bridgehead atoms. The Labute approximate surface area is 164 Å². The van der Waals surface area contributed by atoms with E-state index in [1.165, 1.54) is 19.1 Å². The lowest BCUT2D eigenvalue weighted by Crippen LogP contribution is -2.05. The van der Waals surface area contributed by atoms with Gasteiger partial charge in [0, 0.05) is 12.5 Å². The van der Waals surface area contributed by atoms with E-state index in [4.69, 9.17) is 5.26 Å². The summed E-state index contributed by atoms with van der Waals surface area (Å²) < 4.78 is 54.6. The average Bonchev–Trinajstić information content (AvgIpc) is 2.59. The number of hydrogen-bond donors (Lipinski definition) is 0. The van der Waals surface area contributed by atoms with Crippen molar-refractivity contribution in [3.05, 3.63) is 88.2 Å². The number of nitriles is 1. The van der Waals surface area contributed by atoms with Gasteiger partial charge in [0.15, 0.2) is 0 Å². The molecule has 0 N–H and O–H groups in total. The van der Waals surface area contributed by atoms with Gasteiger partial charge in [0.25, 0.3) is 6.43 Å². The highest BCUT2D eigenvalue weighted by Crippen LogP contribution is 2.35. The number of halogens is 4. The zero-order valence-electron chi connectivity index (χ0n) is 15.8. The number of alkyl halides is 2.